The Kier molecular flexibility index (Phi) is 8.15. The lowest BCUT2D eigenvalue weighted by Gasteiger charge is -2.44. The zero-order valence-corrected chi connectivity index (χ0v) is 22.1. The molecule has 11 heteroatoms. The summed E-state index contributed by atoms with van der Waals surface area (Å²) in [6.45, 7) is 1.37. The number of nitrogens with one attached hydrogen (secondary N) is 2. The molecule has 0 radical (unpaired) electrons. The maximum absolute atomic E-state index is 13.8. The van der Waals surface area contributed by atoms with E-state index < -0.39 is 52.3 Å². The van der Waals surface area contributed by atoms with Gasteiger partial charge in [0.05, 0.1) is 42.0 Å². The second-order valence-electron chi connectivity index (χ2n) is 9.71. The van der Waals surface area contributed by atoms with Crippen molar-refractivity contribution in [1.82, 2.24) is 0 Å². The number of methoxy groups -OCH3 is 2. The molecular formula is C29H29N3O8. The zero-order valence-electron chi connectivity index (χ0n) is 22.1. The second-order valence-corrected chi connectivity index (χ2v) is 9.71. The molecule has 1 saturated carbocycles. The topological polar surface area (TPSA) is 157 Å². The smallest absolute Gasteiger partial charge is 0.269 e. The normalized spacial score (nSPS) is 22.2. The molecule has 3 aromatic carbocycles. The molecule has 0 aromatic heterocycles. The number of rotatable bonds is 8. The predicted octanol–water partition coefficient (Wildman–Crippen LogP) is 3.93. The third-order valence-electron chi connectivity index (χ3n) is 7.05. The van der Waals surface area contributed by atoms with Crippen molar-refractivity contribution in [3.63, 3.8) is 0 Å². The fourth-order valence-electron chi connectivity index (χ4n) is 5.23. The number of amides is 2. The van der Waals surface area contributed by atoms with Gasteiger partial charge in [-0.2, -0.15) is 0 Å². The van der Waals surface area contributed by atoms with E-state index >= 15 is 0 Å². The molecule has 0 spiro atoms. The van der Waals surface area contributed by atoms with Crippen LogP contribution in [-0.4, -0.2) is 47.4 Å². The molecule has 1 aliphatic rings. The van der Waals surface area contributed by atoms with E-state index in [-0.39, 0.29) is 5.69 Å². The lowest BCUT2D eigenvalue weighted by molar-refractivity contribution is -0.384. The number of anilines is 2. The number of nitro groups is 1. The van der Waals surface area contributed by atoms with Gasteiger partial charge in [-0.05, 0) is 36.8 Å². The molecule has 1 aliphatic carbocycles. The van der Waals surface area contributed by atoms with Gasteiger partial charge in [0.1, 0.15) is 23.2 Å². The number of para-hydroxylation sites is 4. The van der Waals surface area contributed by atoms with Gasteiger partial charge in [0.2, 0.25) is 11.8 Å². The van der Waals surface area contributed by atoms with Gasteiger partial charge in [0, 0.05) is 24.5 Å². The molecule has 208 valence electrons. The number of carbonyl (C=O) groups excluding carboxylic acids is 3. The highest BCUT2D eigenvalue weighted by molar-refractivity contribution is 6.11. The largest absolute Gasteiger partial charge is 0.495 e. The van der Waals surface area contributed by atoms with Crippen molar-refractivity contribution in [3.8, 4) is 11.5 Å². The SMILES string of the molecule is COc1ccccc1NC(=O)[C@@H]1C(=O)C[C@@](C)(O)[C@@H](C(=O)Nc2ccccc2OC)[C@H]1c1ccc([N+](=O)[O-])cc1. The lowest BCUT2D eigenvalue weighted by atomic mass is 9.61. The van der Waals surface area contributed by atoms with Crippen LogP contribution in [0.15, 0.2) is 72.8 Å². The van der Waals surface area contributed by atoms with E-state index in [0.717, 1.165) is 0 Å². The van der Waals surface area contributed by atoms with Gasteiger partial charge in [-0.3, -0.25) is 24.5 Å². The summed E-state index contributed by atoms with van der Waals surface area (Å²) in [7, 11) is 2.88. The summed E-state index contributed by atoms with van der Waals surface area (Å²) in [5.74, 6) is -5.07. The second kappa shape index (κ2) is 11.5. The molecule has 3 N–H and O–H groups in total. The van der Waals surface area contributed by atoms with E-state index in [0.29, 0.717) is 28.4 Å². The summed E-state index contributed by atoms with van der Waals surface area (Å²) >= 11 is 0. The van der Waals surface area contributed by atoms with Crippen LogP contribution < -0.4 is 20.1 Å². The van der Waals surface area contributed by atoms with Crippen LogP contribution in [0.25, 0.3) is 0 Å². The Morgan fingerprint density at radius 1 is 0.900 bits per heavy atom. The van der Waals surface area contributed by atoms with Crippen molar-refractivity contribution in [1.29, 1.82) is 0 Å². The summed E-state index contributed by atoms with van der Waals surface area (Å²) in [5.41, 5.74) is -1.10. The van der Waals surface area contributed by atoms with Crippen LogP contribution >= 0.6 is 0 Å². The van der Waals surface area contributed by atoms with Crippen LogP contribution in [0.3, 0.4) is 0 Å². The highest BCUT2D eigenvalue weighted by atomic mass is 16.6. The number of aliphatic hydroxyl groups is 1. The third kappa shape index (κ3) is 5.64. The van der Waals surface area contributed by atoms with Gasteiger partial charge in [0.15, 0.2) is 0 Å². The number of hydrogen-bond donors (Lipinski definition) is 3. The lowest BCUT2D eigenvalue weighted by Crippen LogP contribution is -2.56. The Labute approximate surface area is 230 Å². The number of nitro benzene ring substituents is 1. The minimum Gasteiger partial charge on any atom is -0.495 e. The molecular weight excluding hydrogens is 518 g/mol. The van der Waals surface area contributed by atoms with Crippen LogP contribution in [0, 0.1) is 22.0 Å². The van der Waals surface area contributed by atoms with E-state index in [9.17, 15) is 29.6 Å². The van der Waals surface area contributed by atoms with Crippen LogP contribution in [-0.2, 0) is 14.4 Å². The Bertz CT molecular complexity index is 1440. The molecule has 4 atom stereocenters. The predicted molar refractivity (Wildman–Crippen MR) is 146 cm³/mol. The van der Waals surface area contributed by atoms with E-state index in [1.807, 2.05) is 0 Å². The first-order valence-electron chi connectivity index (χ1n) is 12.4. The number of nitrogens with zero attached hydrogens (tertiary/aromatic N) is 1. The fourth-order valence-corrected chi connectivity index (χ4v) is 5.23. The Hall–Kier alpha value is -4.77. The minimum absolute atomic E-state index is 0.206. The molecule has 11 nitrogen and oxygen atoms in total. The first-order valence-corrected chi connectivity index (χ1v) is 12.4. The molecule has 0 saturated heterocycles. The van der Waals surface area contributed by atoms with Crippen molar-refractivity contribution in [3.05, 3.63) is 88.5 Å². The molecule has 0 bridgehead atoms. The van der Waals surface area contributed by atoms with E-state index in [1.54, 1.807) is 48.5 Å². The number of benzene rings is 3. The summed E-state index contributed by atoms with van der Waals surface area (Å²) in [6, 6.07) is 18.6. The van der Waals surface area contributed by atoms with Crippen LogP contribution in [0.2, 0.25) is 0 Å². The van der Waals surface area contributed by atoms with Crippen molar-refractivity contribution in [2.45, 2.75) is 24.9 Å². The standard InChI is InChI=1S/C29H29N3O8/c1-29(36)16-21(33)25(27(34)30-19-8-4-6-10-22(19)39-2)24(17-12-14-18(15-13-17)32(37)38)26(29)28(35)31-20-9-5-7-11-23(20)40-3/h4-15,24-26,36H,16H2,1-3H3,(H,30,34)(H,31,35)/t24-,25+,26+,29+/m0/s1. The van der Waals surface area contributed by atoms with Gasteiger partial charge in [-0.1, -0.05) is 36.4 Å². The van der Waals surface area contributed by atoms with E-state index in [1.165, 1.54) is 45.4 Å². The summed E-state index contributed by atoms with van der Waals surface area (Å²) in [4.78, 5) is 51.7. The third-order valence-corrected chi connectivity index (χ3v) is 7.05. The highest BCUT2D eigenvalue weighted by Gasteiger charge is 2.56. The Balaban J connectivity index is 1.80. The van der Waals surface area contributed by atoms with Gasteiger partial charge in [0.25, 0.3) is 5.69 Å². The number of Topliss-reactive ketones (excluding diaryl/α,β-unsaturated/α-hetero) is 1. The molecule has 4 rings (SSSR count). The van der Waals surface area contributed by atoms with Crippen molar-refractivity contribution < 1.29 is 33.9 Å². The van der Waals surface area contributed by atoms with Crippen LogP contribution in [0.5, 0.6) is 11.5 Å². The average molecular weight is 548 g/mol. The minimum atomic E-state index is -1.85. The average Bonchev–Trinajstić information content (AvgIpc) is 2.92. The molecule has 40 heavy (non-hydrogen) atoms. The van der Waals surface area contributed by atoms with Crippen molar-refractivity contribution >= 4 is 34.7 Å². The van der Waals surface area contributed by atoms with Crippen molar-refractivity contribution in [2.24, 2.45) is 11.8 Å². The van der Waals surface area contributed by atoms with Crippen LogP contribution in [0.4, 0.5) is 17.1 Å². The maximum atomic E-state index is 13.8. The first kappa shape index (κ1) is 28.2. The Morgan fingerprint density at radius 3 is 1.90 bits per heavy atom. The van der Waals surface area contributed by atoms with Gasteiger partial charge < -0.3 is 25.2 Å². The number of hydrogen-bond acceptors (Lipinski definition) is 8. The first-order chi connectivity index (χ1) is 19.1. The maximum Gasteiger partial charge on any atom is 0.269 e. The summed E-state index contributed by atoms with van der Waals surface area (Å²) in [6.07, 6.45) is -0.468. The zero-order chi connectivity index (χ0) is 29.0. The van der Waals surface area contributed by atoms with Gasteiger partial charge in [-0.15, -0.1) is 0 Å². The Morgan fingerprint density at radius 2 is 1.40 bits per heavy atom. The van der Waals surface area contributed by atoms with Crippen molar-refractivity contribution in [2.75, 3.05) is 24.9 Å². The quantitative estimate of drug-likeness (QED) is 0.218. The number of ketones is 1. The number of non-ortho nitro benzene ring substituents is 1. The fraction of sp³-hybridized carbons (Fsp3) is 0.276. The molecule has 3 aromatic rings. The van der Waals surface area contributed by atoms with E-state index in [2.05, 4.69) is 10.6 Å². The molecule has 0 aliphatic heterocycles. The summed E-state index contributed by atoms with van der Waals surface area (Å²) < 4.78 is 10.6. The molecule has 2 amide bonds. The highest BCUT2D eigenvalue weighted by Crippen LogP contribution is 2.47. The van der Waals surface area contributed by atoms with Crippen LogP contribution in [0.1, 0.15) is 24.8 Å². The summed E-state index contributed by atoms with van der Waals surface area (Å²) in [5, 5.41) is 28.2. The van der Waals surface area contributed by atoms with Gasteiger partial charge >= 0.3 is 0 Å². The number of ether oxygens (including phenoxy) is 2. The number of carbonyl (C=O) groups is 3. The molecule has 0 heterocycles. The van der Waals surface area contributed by atoms with Gasteiger partial charge in [-0.25, -0.2) is 0 Å². The monoisotopic (exact) mass is 547 g/mol. The molecule has 1 fully saturated rings. The van der Waals surface area contributed by atoms with E-state index in [4.69, 9.17) is 9.47 Å². The molecule has 0 unspecified atom stereocenters.